The lowest BCUT2D eigenvalue weighted by Gasteiger charge is -2.00. The van der Waals surface area contributed by atoms with Crippen LogP contribution in [0, 0.1) is 5.95 Å². The molecule has 0 saturated carbocycles. The van der Waals surface area contributed by atoms with Gasteiger partial charge in [-0.15, -0.1) is 0 Å². The number of nitrogens with zero attached hydrogens (tertiary/aromatic N) is 1. The molecular weight excluding hydrogens is 183 g/mol. The molecule has 1 N–H and O–H groups in total. The number of halogens is 1. The Kier molecular flexibility index (Phi) is 2.27. The monoisotopic (exact) mass is 190 g/mol. The van der Waals surface area contributed by atoms with Crippen LogP contribution in [0.4, 0.5) is 10.2 Å². The van der Waals surface area contributed by atoms with Crippen molar-refractivity contribution in [1.82, 2.24) is 4.98 Å². The lowest BCUT2D eigenvalue weighted by molar-refractivity contribution is 0.585. The molecule has 1 aromatic heterocycles. The van der Waals surface area contributed by atoms with Crippen molar-refractivity contribution in [2.24, 2.45) is 0 Å². The third-order valence-corrected chi connectivity index (χ3v) is 1.59. The van der Waals surface area contributed by atoms with Gasteiger partial charge in [-0.25, -0.2) is 13.4 Å². The number of hydrogen-bond donors (Lipinski definition) is 1. The second-order valence-electron chi connectivity index (χ2n) is 2.22. The quantitative estimate of drug-likeness (QED) is 0.694. The van der Waals surface area contributed by atoms with Gasteiger partial charge in [0.15, 0.2) is 0 Å². The minimum absolute atomic E-state index is 0.0162. The molecule has 0 aliphatic rings. The highest BCUT2D eigenvalue weighted by Gasteiger charge is 2.02. The molecule has 0 unspecified atom stereocenters. The van der Waals surface area contributed by atoms with Gasteiger partial charge in [0.2, 0.25) is 16.0 Å². The zero-order valence-corrected chi connectivity index (χ0v) is 7.10. The van der Waals surface area contributed by atoms with Gasteiger partial charge in [0.25, 0.3) is 0 Å². The highest BCUT2D eigenvalue weighted by Crippen LogP contribution is 2.04. The van der Waals surface area contributed by atoms with Crippen LogP contribution in [0.1, 0.15) is 0 Å². The van der Waals surface area contributed by atoms with Gasteiger partial charge in [-0.3, -0.25) is 4.72 Å². The molecule has 6 heteroatoms. The number of pyridine rings is 1. The van der Waals surface area contributed by atoms with E-state index in [1.807, 2.05) is 4.72 Å². The normalized spacial score (nSPS) is 11.2. The first kappa shape index (κ1) is 8.92. The van der Waals surface area contributed by atoms with Gasteiger partial charge in [0.1, 0.15) is 5.82 Å². The number of sulfonamides is 1. The van der Waals surface area contributed by atoms with E-state index in [4.69, 9.17) is 0 Å². The summed E-state index contributed by atoms with van der Waals surface area (Å²) in [5.41, 5.74) is 0. The summed E-state index contributed by atoms with van der Waals surface area (Å²) in [6.07, 6.45) is 0.972. The van der Waals surface area contributed by atoms with Crippen molar-refractivity contribution >= 4 is 15.8 Å². The fourth-order valence-corrected chi connectivity index (χ4v) is 1.15. The molecule has 1 heterocycles. The van der Waals surface area contributed by atoms with Gasteiger partial charge in [-0.2, -0.15) is 4.39 Å². The van der Waals surface area contributed by atoms with Crippen LogP contribution >= 0.6 is 0 Å². The molecule has 0 saturated heterocycles. The second-order valence-corrected chi connectivity index (χ2v) is 3.97. The van der Waals surface area contributed by atoms with Crippen LogP contribution in [-0.2, 0) is 10.0 Å². The van der Waals surface area contributed by atoms with E-state index < -0.39 is 16.0 Å². The summed E-state index contributed by atoms with van der Waals surface area (Å²) in [6.45, 7) is 0. The van der Waals surface area contributed by atoms with E-state index in [1.165, 1.54) is 12.1 Å². The van der Waals surface area contributed by atoms with E-state index in [-0.39, 0.29) is 5.82 Å². The molecule has 66 valence electrons. The van der Waals surface area contributed by atoms with E-state index in [0.29, 0.717) is 0 Å². The Morgan fingerprint density at radius 2 is 2.17 bits per heavy atom. The summed E-state index contributed by atoms with van der Waals surface area (Å²) in [4.78, 5) is 3.30. The van der Waals surface area contributed by atoms with Crippen LogP contribution in [0.25, 0.3) is 0 Å². The highest BCUT2D eigenvalue weighted by atomic mass is 32.2. The Hall–Kier alpha value is -1.17. The molecule has 1 rings (SSSR count). The van der Waals surface area contributed by atoms with Crippen molar-refractivity contribution in [2.45, 2.75) is 0 Å². The zero-order valence-electron chi connectivity index (χ0n) is 6.28. The number of nitrogens with one attached hydrogen (secondary N) is 1. The van der Waals surface area contributed by atoms with Crippen molar-refractivity contribution in [2.75, 3.05) is 11.0 Å². The Balaban J connectivity index is 2.91. The summed E-state index contributed by atoms with van der Waals surface area (Å²) in [5, 5.41) is 0. The van der Waals surface area contributed by atoms with E-state index in [0.717, 1.165) is 12.3 Å². The summed E-state index contributed by atoms with van der Waals surface area (Å²) < 4.78 is 35.7. The molecule has 0 aromatic carbocycles. The number of anilines is 1. The maximum absolute atomic E-state index is 12.4. The van der Waals surface area contributed by atoms with E-state index in [2.05, 4.69) is 4.98 Å². The fraction of sp³-hybridized carbons (Fsp3) is 0.167. The largest absolute Gasteiger partial charge is 0.267 e. The minimum atomic E-state index is -3.37. The van der Waals surface area contributed by atoms with Crippen molar-refractivity contribution in [3.63, 3.8) is 0 Å². The van der Waals surface area contributed by atoms with E-state index >= 15 is 0 Å². The number of aromatic nitrogens is 1. The van der Waals surface area contributed by atoms with Crippen LogP contribution in [0.5, 0.6) is 0 Å². The number of hydrogen-bond acceptors (Lipinski definition) is 3. The maximum atomic E-state index is 12.4. The lowest BCUT2D eigenvalue weighted by atomic mass is 10.5. The standard InChI is InChI=1S/C6H7FN2O2S/c1-12(10,11)9-6-4-2-3-5(7)8-6/h2-4H,1H3,(H,8,9). The molecule has 0 atom stereocenters. The molecule has 0 spiro atoms. The predicted molar refractivity (Wildman–Crippen MR) is 42.7 cm³/mol. The first-order valence-electron chi connectivity index (χ1n) is 3.08. The second kappa shape index (κ2) is 3.06. The molecule has 12 heavy (non-hydrogen) atoms. The maximum Gasteiger partial charge on any atom is 0.230 e. The van der Waals surface area contributed by atoms with Crippen molar-refractivity contribution in [1.29, 1.82) is 0 Å². The van der Waals surface area contributed by atoms with E-state index in [1.54, 1.807) is 0 Å². The lowest BCUT2D eigenvalue weighted by Crippen LogP contribution is -2.10. The minimum Gasteiger partial charge on any atom is -0.267 e. The van der Waals surface area contributed by atoms with Crippen molar-refractivity contribution in [3.8, 4) is 0 Å². The first-order valence-corrected chi connectivity index (χ1v) is 4.97. The summed E-state index contributed by atoms with van der Waals surface area (Å²) in [7, 11) is -3.37. The van der Waals surface area contributed by atoms with Gasteiger partial charge in [-0.05, 0) is 12.1 Å². The molecule has 0 radical (unpaired) electrons. The SMILES string of the molecule is CS(=O)(=O)Nc1cccc(F)n1. The average Bonchev–Trinajstić information content (AvgIpc) is 1.82. The number of rotatable bonds is 2. The van der Waals surface area contributed by atoms with Gasteiger partial charge in [0, 0.05) is 0 Å². The topological polar surface area (TPSA) is 59.1 Å². The van der Waals surface area contributed by atoms with Crippen molar-refractivity contribution < 1.29 is 12.8 Å². The Bertz CT molecular complexity index is 377. The third-order valence-electron chi connectivity index (χ3n) is 1.01. The molecular formula is C6H7FN2O2S. The van der Waals surface area contributed by atoms with Crippen LogP contribution < -0.4 is 4.72 Å². The van der Waals surface area contributed by atoms with Crippen LogP contribution in [0.15, 0.2) is 18.2 Å². The van der Waals surface area contributed by atoms with Gasteiger partial charge in [0.05, 0.1) is 6.26 Å². The third kappa shape index (κ3) is 2.83. The Morgan fingerprint density at radius 1 is 1.50 bits per heavy atom. The first-order chi connectivity index (χ1) is 5.47. The molecule has 0 aliphatic carbocycles. The molecule has 0 bridgehead atoms. The average molecular weight is 190 g/mol. The summed E-state index contributed by atoms with van der Waals surface area (Å²) in [6, 6.07) is 3.87. The predicted octanol–water partition coefficient (Wildman–Crippen LogP) is 0.592. The molecule has 0 amide bonds. The van der Waals surface area contributed by atoms with Crippen LogP contribution in [-0.4, -0.2) is 19.7 Å². The molecule has 0 fully saturated rings. The van der Waals surface area contributed by atoms with E-state index in [9.17, 15) is 12.8 Å². The van der Waals surface area contributed by atoms with Gasteiger partial charge >= 0.3 is 0 Å². The molecule has 1 aromatic rings. The molecule has 0 aliphatic heterocycles. The van der Waals surface area contributed by atoms with Gasteiger partial charge < -0.3 is 0 Å². The smallest absolute Gasteiger partial charge is 0.230 e. The zero-order chi connectivity index (χ0) is 9.19. The summed E-state index contributed by atoms with van der Waals surface area (Å²) in [5.74, 6) is -0.735. The van der Waals surface area contributed by atoms with Crippen LogP contribution in [0.2, 0.25) is 0 Å². The van der Waals surface area contributed by atoms with Crippen LogP contribution in [0.3, 0.4) is 0 Å². The Labute approximate surface area is 69.5 Å². The molecule has 4 nitrogen and oxygen atoms in total. The highest BCUT2D eigenvalue weighted by molar-refractivity contribution is 7.92. The van der Waals surface area contributed by atoms with Crippen molar-refractivity contribution in [3.05, 3.63) is 24.1 Å². The Morgan fingerprint density at radius 3 is 2.67 bits per heavy atom. The summed E-state index contributed by atoms with van der Waals surface area (Å²) >= 11 is 0. The van der Waals surface area contributed by atoms with Gasteiger partial charge in [-0.1, -0.05) is 6.07 Å². The fourth-order valence-electron chi connectivity index (χ4n) is 0.655.